The molecule has 3 nitrogen and oxygen atoms in total. The molecule has 0 bridgehead atoms. The van der Waals surface area contributed by atoms with Crippen LogP contribution in [0.1, 0.15) is 58.8 Å². The molecule has 0 aromatic heterocycles. The molecule has 3 heteroatoms. The summed E-state index contributed by atoms with van der Waals surface area (Å²) in [6.45, 7) is 7.69. The fraction of sp³-hybridized carbons (Fsp3) is 0.625. The zero-order chi connectivity index (χ0) is 14.5. The van der Waals surface area contributed by atoms with Crippen molar-refractivity contribution in [1.82, 2.24) is 0 Å². The Kier molecular flexibility index (Phi) is 10.8. The lowest BCUT2D eigenvalue weighted by atomic mass is 10.0. The summed E-state index contributed by atoms with van der Waals surface area (Å²) in [6, 6.07) is 0. The molecular formula is C16H25O3. The van der Waals surface area contributed by atoms with Gasteiger partial charge in [-0.2, -0.15) is 0 Å². The summed E-state index contributed by atoms with van der Waals surface area (Å²) < 4.78 is 5.01. The van der Waals surface area contributed by atoms with Crippen molar-refractivity contribution >= 4 is 12.3 Å². The Morgan fingerprint density at radius 2 is 1.89 bits per heavy atom. The zero-order valence-corrected chi connectivity index (χ0v) is 12.2. The third kappa shape index (κ3) is 10.2. The highest BCUT2D eigenvalue weighted by Gasteiger charge is 2.03. The van der Waals surface area contributed by atoms with Crippen LogP contribution in [-0.4, -0.2) is 18.9 Å². The molecule has 19 heavy (non-hydrogen) atoms. The lowest BCUT2D eigenvalue weighted by Gasteiger charge is -2.07. The van der Waals surface area contributed by atoms with E-state index in [1.54, 1.807) is 6.92 Å². The molecule has 0 aromatic carbocycles. The van der Waals surface area contributed by atoms with Crippen molar-refractivity contribution in [2.75, 3.05) is 6.61 Å². The maximum Gasteiger partial charge on any atom is 0.333 e. The van der Waals surface area contributed by atoms with E-state index in [1.807, 2.05) is 6.29 Å². The first kappa shape index (κ1) is 17.6. The van der Waals surface area contributed by atoms with E-state index in [1.165, 1.54) is 25.3 Å². The van der Waals surface area contributed by atoms with E-state index in [4.69, 9.17) is 4.74 Å². The molecule has 0 aliphatic heterocycles. The van der Waals surface area contributed by atoms with Crippen LogP contribution in [0.3, 0.4) is 0 Å². The third-order valence-electron chi connectivity index (χ3n) is 2.84. The van der Waals surface area contributed by atoms with Gasteiger partial charge in [-0.1, -0.05) is 38.3 Å². The molecule has 0 aliphatic rings. The van der Waals surface area contributed by atoms with Crippen LogP contribution < -0.4 is 0 Å². The number of ether oxygens (including phenoxy) is 1. The molecule has 0 aromatic rings. The van der Waals surface area contributed by atoms with Gasteiger partial charge >= 0.3 is 5.97 Å². The summed E-state index contributed by atoms with van der Waals surface area (Å²) in [7, 11) is 0. The Labute approximate surface area is 116 Å². The second-order valence-electron chi connectivity index (χ2n) is 4.75. The van der Waals surface area contributed by atoms with E-state index in [2.05, 4.69) is 13.5 Å². The summed E-state index contributed by atoms with van der Waals surface area (Å²) in [6.07, 6.45) is 10.5. The molecule has 0 aliphatic carbocycles. The minimum Gasteiger partial charge on any atom is -0.462 e. The number of hydrogen-bond donors (Lipinski definition) is 0. The molecule has 1 radical (unpaired) electrons. The molecule has 0 heterocycles. The SMILES string of the molecule is C=C(C)C(=O)OCCCC(=C[C]=O)CCCCCC. The van der Waals surface area contributed by atoms with Crippen LogP contribution in [0.15, 0.2) is 23.8 Å². The van der Waals surface area contributed by atoms with Crippen molar-refractivity contribution in [1.29, 1.82) is 0 Å². The highest BCUT2D eigenvalue weighted by molar-refractivity contribution is 5.86. The summed E-state index contributed by atoms with van der Waals surface area (Å²) in [5.41, 5.74) is 1.51. The first-order valence-electron chi connectivity index (χ1n) is 7.00. The van der Waals surface area contributed by atoms with Gasteiger partial charge in [-0.3, -0.25) is 4.79 Å². The highest BCUT2D eigenvalue weighted by atomic mass is 16.5. The van der Waals surface area contributed by atoms with Gasteiger partial charge in [0.1, 0.15) is 0 Å². The van der Waals surface area contributed by atoms with Crippen molar-refractivity contribution in [2.24, 2.45) is 0 Å². The van der Waals surface area contributed by atoms with E-state index >= 15 is 0 Å². The van der Waals surface area contributed by atoms with Gasteiger partial charge in [0.15, 0.2) is 0 Å². The fourth-order valence-corrected chi connectivity index (χ4v) is 1.72. The van der Waals surface area contributed by atoms with Crippen LogP contribution >= 0.6 is 0 Å². The highest BCUT2D eigenvalue weighted by Crippen LogP contribution is 2.15. The number of carbonyl (C=O) groups is 1. The number of esters is 1. The number of hydrogen-bond acceptors (Lipinski definition) is 3. The largest absolute Gasteiger partial charge is 0.462 e. The van der Waals surface area contributed by atoms with Gasteiger partial charge < -0.3 is 4.74 Å². The van der Waals surface area contributed by atoms with Crippen LogP contribution in [-0.2, 0) is 14.3 Å². The Hall–Kier alpha value is -1.38. The normalized spacial score (nSPS) is 11.2. The minimum atomic E-state index is -0.351. The van der Waals surface area contributed by atoms with Crippen LogP contribution in [0.5, 0.6) is 0 Å². The number of allylic oxidation sites excluding steroid dienone is 2. The predicted molar refractivity (Wildman–Crippen MR) is 77.5 cm³/mol. The van der Waals surface area contributed by atoms with Crippen LogP contribution in [0.25, 0.3) is 0 Å². The molecule has 0 unspecified atom stereocenters. The van der Waals surface area contributed by atoms with E-state index < -0.39 is 0 Å². The van der Waals surface area contributed by atoms with Gasteiger partial charge in [0.2, 0.25) is 6.29 Å². The molecule has 0 amide bonds. The second kappa shape index (κ2) is 11.7. The van der Waals surface area contributed by atoms with Gasteiger partial charge in [-0.05, 0) is 38.7 Å². The third-order valence-corrected chi connectivity index (χ3v) is 2.84. The number of carbonyl (C=O) groups excluding carboxylic acids is 2. The molecule has 0 spiro atoms. The Bertz CT molecular complexity index is 316. The van der Waals surface area contributed by atoms with Crippen molar-refractivity contribution < 1.29 is 14.3 Å². The van der Waals surface area contributed by atoms with Gasteiger partial charge in [0.25, 0.3) is 0 Å². The average molecular weight is 265 g/mol. The fourth-order valence-electron chi connectivity index (χ4n) is 1.72. The van der Waals surface area contributed by atoms with Gasteiger partial charge in [0.05, 0.1) is 6.61 Å². The maximum atomic E-state index is 11.2. The van der Waals surface area contributed by atoms with Crippen LogP contribution in [0.2, 0.25) is 0 Å². The molecule has 0 rings (SSSR count). The average Bonchev–Trinajstić information content (AvgIpc) is 2.38. The van der Waals surface area contributed by atoms with Crippen molar-refractivity contribution in [3.05, 3.63) is 23.8 Å². The summed E-state index contributed by atoms with van der Waals surface area (Å²) in [4.78, 5) is 21.6. The summed E-state index contributed by atoms with van der Waals surface area (Å²) >= 11 is 0. The number of unbranched alkanes of at least 4 members (excludes halogenated alkanes) is 3. The van der Waals surface area contributed by atoms with Gasteiger partial charge in [0, 0.05) is 5.57 Å². The summed E-state index contributed by atoms with van der Waals surface area (Å²) in [5.74, 6) is -0.351. The molecule has 0 saturated carbocycles. The van der Waals surface area contributed by atoms with E-state index in [9.17, 15) is 9.59 Å². The van der Waals surface area contributed by atoms with Gasteiger partial charge in [-0.25, -0.2) is 4.79 Å². The monoisotopic (exact) mass is 265 g/mol. The molecular weight excluding hydrogens is 240 g/mol. The van der Waals surface area contributed by atoms with Gasteiger partial charge in [-0.15, -0.1) is 0 Å². The van der Waals surface area contributed by atoms with Crippen LogP contribution in [0.4, 0.5) is 0 Å². The first-order valence-corrected chi connectivity index (χ1v) is 7.00. The van der Waals surface area contributed by atoms with E-state index in [0.29, 0.717) is 12.2 Å². The maximum absolute atomic E-state index is 11.2. The molecule has 0 saturated heterocycles. The van der Waals surface area contributed by atoms with E-state index in [0.717, 1.165) is 31.3 Å². The molecule has 0 fully saturated rings. The van der Waals surface area contributed by atoms with Crippen molar-refractivity contribution in [3.8, 4) is 0 Å². The predicted octanol–water partition coefficient (Wildman–Crippen LogP) is 3.89. The van der Waals surface area contributed by atoms with Crippen molar-refractivity contribution in [2.45, 2.75) is 58.8 Å². The Morgan fingerprint density at radius 3 is 2.47 bits per heavy atom. The van der Waals surface area contributed by atoms with Crippen LogP contribution in [0, 0.1) is 0 Å². The lowest BCUT2D eigenvalue weighted by molar-refractivity contribution is -0.139. The smallest absolute Gasteiger partial charge is 0.333 e. The topological polar surface area (TPSA) is 43.4 Å². The Balaban J connectivity index is 3.83. The lowest BCUT2D eigenvalue weighted by Crippen LogP contribution is -2.06. The zero-order valence-electron chi connectivity index (χ0n) is 12.2. The summed E-state index contributed by atoms with van der Waals surface area (Å²) in [5, 5.41) is 0. The van der Waals surface area contributed by atoms with Crippen molar-refractivity contribution in [3.63, 3.8) is 0 Å². The quantitative estimate of drug-likeness (QED) is 0.323. The van der Waals surface area contributed by atoms with E-state index in [-0.39, 0.29) is 5.97 Å². The molecule has 0 atom stereocenters. The Morgan fingerprint density at radius 1 is 1.21 bits per heavy atom. The second-order valence-corrected chi connectivity index (χ2v) is 4.75. The number of rotatable bonds is 11. The first-order chi connectivity index (χ1) is 9.11. The standard InChI is InChI=1S/C16H25O3/c1-4-5-6-7-9-15(11-12-17)10-8-13-19-16(18)14(2)3/h11H,2,4-10,13H2,1,3H3. The molecule has 107 valence electrons. The minimum absolute atomic E-state index is 0.351. The molecule has 0 N–H and O–H groups in total.